The highest BCUT2D eigenvalue weighted by Crippen LogP contribution is 2.34. The Labute approximate surface area is 137 Å². The average molecular weight is 360 g/mol. The minimum Gasteiger partial charge on any atom is -0.492 e. The molecule has 23 heavy (non-hydrogen) atoms. The number of hydrogen-bond donors (Lipinski definition) is 0. The molecule has 1 unspecified atom stereocenters. The number of nitriles is 1. The second kappa shape index (κ2) is 6.86. The van der Waals surface area contributed by atoms with Gasteiger partial charge in [0.15, 0.2) is 21.4 Å². The van der Waals surface area contributed by atoms with Crippen LogP contribution in [0.25, 0.3) is 0 Å². The Kier molecular flexibility index (Phi) is 5.29. The zero-order valence-electron chi connectivity index (χ0n) is 12.3. The van der Waals surface area contributed by atoms with Crippen LogP contribution in [0, 0.1) is 23.0 Å². The lowest BCUT2D eigenvalue weighted by atomic mass is 10.2. The minimum absolute atomic E-state index is 0.471. The molecule has 0 N–H and O–H groups in total. The SMILES string of the molecule is C=CC(N1CCSC1)S(=O)(=O)c1cc(F)c(F)c(OC)c1C#N. The van der Waals surface area contributed by atoms with E-state index in [0.29, 0.717) is 18.5 Å². The van der Waals surface area contributed by atoms with Crippen LogP contribution in [0.2, 0.25) is 0 Å². The fourth-order valence-electron chi connectivity index (χ4n) is 2.33. The highest BCUT2D eigenvalue weighted by Gasteiger charge is 2.36. The van der Waals surface area contributed by atoms with Crippen LogP contribution in [0.5, 0.6) is 5.75 Å². The maximum atomic E-state index is 13.7. The van der Waals surface area contributed by atoms with Gasteiger partial charge in [-0.15, -0.1) is 18.3 Å². The van der Waals surface area contributed by atoms with Crippen LogP contribution in [-0.2, 0) is 9.84 Å². The fraction of sp³-hybridized carbons (Fsp3) is 0.357. The van der Waals surface area contributed by atoms with Gasteiger partial charge in [0.25, 0.3) is 0 Å². The number of halogens is 2. The van der Waals surface area contributed by atoms with Crippen LogP contribution in [0.4, 0.5) is 8.78 Å². The highest BCUT2D eigenvalue weighted by molar-refractivity contribution is 7.99. The van der Waals surface area contributed by atoms with E-state index < -0.39 is 43.1 Å². The molecule has 0 spiro atoms. The van der Waals surface area contributed by atoms with Crippen LogP contribution in [0.15, 0.2) is 23.6 Å². The van der Waals surface area contributed by atoms with E-state index in [1.807, 2.05) is 0 Å². The van der Waals surface area contributed by atoms with E-state index >= 15 is 0 Å². The summed E-state index contributed by atoms with van der Waals surface area (Å²) in [5.41, 5.74) is -0.551. The predicted molar refractivity (Wildman–Crippen MR) is 82.8 cm³/mol. The highest BCUT2D eigenvalue weighted by atomic mass is 32.2. The summed E-state index contributed by atoms with van der Waals surface area (Å²) in [6.45, 7) is 4.04. The van der Waals surface area contributed by atoms with Crippen LogP contribution >= 0.6 is 11.8 Å². The molecular weight excluding hydrogens is 346 g/mol. The molecule has 9 heteroatoms. The Hall–Kier alpha value is -1.63. The van der Waals surface area contributed by atoms with E-state index in [9.17, 15) is 22.5 Å². The lowest BCUT2D eigenvalue weighted by Gasteiger charge is -2.24. The number of hydrogen-bond acceptors (Lipinski definition) is 6. The van der Waals surface area contributed by atoms with Crippen molar-refractivity contribution in [3.05, 3.63) is 35.9 Å². The quantitative estimate of drug-likeness (QED) is 0.592. The maximum Gasteiger partial charge on any atom is 0.202 e. The van der Waals surface area contributed by atoms with E-state index in [2.05, 4.69) is 11.3 Å². The molecule has 0 radical (unpaired) electrons. The van der Waals surface area contributed by atoms with Crippen molar-refractivity contribution in [2.45, 2.75) is 10.3 Å². The molecular formula is C14H14F2N2O3S2. The summed E-state index contributed by atoms with van der Waals surface area (Å²) in [4.78, 5) is 1.04. The molecule has 1 heterocycles. The van der Waals surface area contributed by atoms with Crippen molar-refractivity contribution < 1.29 is 21.9 Å². The smallest absolute Gasteiger partial charge is 0.202 e. The van der Waals surface area contributed by atoms with E-state index in [0.717, 1.165) is 12.9 Å². The largest absolute Gasteiger partial charge is 0.492 e. The summed E-state index contributed by atoms with van der Waals surface area (Å²) in [5, 5.41) is 8.08. The number of ether oxygens (including phenoxy) is 1. The van der Waals surface area contributed by atoms with Gasteiger partial charge in [0.1, 0.15) is 17.0 Å². The van der Waals surface area contributed by atoms with Crippen molar-refractivity contribution in [1.29, 1.82) is 5.26 Å². The van der Waals surface area contributed by atoms with Crippen LogP contribution in [0.3, 0.4) is 0 Å². The summed E-state index contributed by atoms with van der Waals surface area (Å²) in [5.74, 6) is -2.28. The number of thioether (sulfide) groups is 1. The molecule has 0 bridgehead atoms. The van der Waals surface area contributed by atoms with Gasteiger partial charge in [0.05, 0.1) is 12.0 Å². The summed E-state index contributed by atoms with van der Waals surface area (Å²) in [7, 11) is -3.12. The van der Waals surface area contributed by atoms with Crippen molar-refractivity contribution in [2.24, 2.45) is 0 Å². The normalized spacial score (nSPS) is 16.8. The summed E-state index contributed by atoms with van der Waals surface area (Å²) >= 11 is 1.55. The molecule has 1 fully saturated rings. The molecule has 124 valence electrons. The molecule has 0 aliphatic carbocycles. The van der Waals surface area contributed by atoms with Gasteiger partial charge in [-0.2, -0.15) is 9.65 Å². The van der Waals surface area contributed by atoms with Crippen molar-refractivity contribution in [2.75, 3.05) is 25.3 Å². The molecule has 1 aromatic carbocycles. The molecule has 2 rings (SSSR count). The molecule has 1 aromatic rings. The van der Waals surface area contributed by atoms with E-state index in [1.54, 1.807) is 22.7 Å². The Morgan fingerprint density at radius 3 is 2.74 bits per heavy atom. The third kappa shape index (κ3) is 3.06. The third-order valence-electron chi connectivity index (χ3n) is 3.42. The molecule has 0 saturated carbocycles. The maximum absolute atomic E-state index is 13.7. The Morgan fingerprint density at radius 1 is 1.57 bits per heavy atom. The van der Waals surface area contributed by atoms with Crippen molar-refractivity contribution >= 4 is 21.6 Å². The first-order chi connectivity index (χ1) is 10.9. The van der Waals surface area contributed by atoms with Crippen molar-refractivity contribution in [1.82, 2.24) is 4.90 Å². The number of rotatable bonds is 5. The molecule has 1 aliphatic heterocycles. The predicted octanol–water partition coefficient (Wildman–Crippen LogP) is 2.14. The summed E-state index contributed by atoms with van der Waals surface area (Å²) < 4.78 is 57.8. The zero-order chi connectivity index (χ0) is 17.2. The first-order valence-electron chi connectivity index (χ1n) is 6.52. The van der Waals surface area contributed by atoms with Crippen LogP contribution < -0.4 is 4.74 Å². The van der Waals surface area contributed by atoms with Crippen LogP contribution in [0.1, 0.15) is 5.56 Å². The standard InChI is InChI=1S/C14H14F2N2O3S2/c1-3-12(18-4-5-22-8-18)23(19,20)11-6-10(15)13(16)14(21-2)9(11)7-17/h3,6,12H,1,4-5,8H2,2H3. The van der Waals surface area contributed by atoms with E-state index in [1.165, 1.54) is 6.08 Å². The van der Waals surface area contributed by atoms with Gasteiger partial charge in [-0.05, 0) is 6.07 Å². The minimum atomic E-state index is -4.16. The zero-order valence-corrected chi connectivity index (χ0v) is 13.9. The number of benzene rings is 1. The van der Waals surface area contributed by atoms with Gasteiger partial charge in [-0.3, -0.25) is 4.90 Å². The Balaban J connectivity index is 2.66. The second-order valence-corrected chi connectivity index (χ2v) is 7.80. The number of nitrogens with zero attached hydrogens (tertiary/aromatic N) is 2. The first kappa shape index (κ1) is 17.7. The fourth-order valence-corrected chi connectivity index (χ4v) is 5.22. The van der Waals surface area contributed by atoms with Gasteiger partial charge in [-0.25, -0.2) is 12.8 Å². The average Bonchev–Trinajstić information content (AvgIpc) is 3.03. The first-order valence-corrected chi connectivity index (χ1v) is 9.23. The second-order valence-electron chi connectivity index (χ2n) is 4.71. The molecule has 0 aromatic heterocycles. The molecule has 0 amide bonds. The molecule has 1 atom stereocenters. The lowest BCUT2D eigenvalue weighted by Crippen LogP contribution is -2.38. The van der Waals surface area contributed by atoms with Gasteiger partial charge in [0, 0.05) is 18.2 Å². The Bertz CT molecular complexity index is 769. The van der Waals surface area contributed by atoms with Gasteiger partial charge >= 0.3 is 0 Å². The molecule has 1 saturated heterocycles. The van der Waals surface area contributed by atoms with Gasteiger partial charge in [-0.1, -0.05) is 6.08 Å². The third-order valence-corrected chi connectivity index (χ3v) is 6.47. The monoisotopic (exact) mass is 360 g/mol. The molecule has 1 aliphatic rings. The number of methoxy groups -OCH3 is 1. The van der Waals surface area contributed by atoms with Crippen molar-refractivity contribution in [3.63, 3.8) is 0 Å². The van der Waals surface area contributed by atoms with E-state index in [-0.39, 0.29) is 0 Å². The summed E-state index contributed by atoms with van der Waals surface area (Å²) in [6, 6.07) is 2.11. The number of sulfone groups is 1. The summed E-state index contributed by atoms with van der Waals surface area (Å²) in [6.07, 6.45) is 1.22. The van der Waals surface area contributed by atoms with E-state index in [4.69, 9.17) is 0 Å². The van der Waals surface area contributed by atoms with Gasteiger partial charge in [0.2, 0.25) is 5.82 Å². The topological polar surface area (TPSA) is 70.4 Å². The van der Waals surface area contributed by atoms with Gasteiger partial charge < -0.3 is 4.74 Å². The van der Waals surface area contributed by atoms with Crippen molar-refractivity contribution in [3.8, 4) is 11.8 Å². The lowest BCUT2D eigenvalue weighted by molar-refractivity contribution is 0.354. The molecule has 5 nitrogen and oxygen atoms in total. The Morgan fingerprint density at radius 2 is 2.26 bits per heavy atom. The van der Waals surface area contributed by atoms with Crippen LogP contribution in [-0.4, -0.2) is 44.0 Å².